The van der Waals surface area contributed by atoms with Crippen molar-refractivity contribution < 1.29 is 14.3 Å². The van der Waals surface area contributed by atoms with Crippen LogP contribution in [-0.4, -0.2) is 20.4 Å². The number of hydrogen-bond donors (Lipinski definition) is 1. The predicted molar refractivity (Wildman–Crippen MR) is 87.2 cm³/mol. The van der Waals surface area contributed by atoms with Crippen LogP contribution in [-0.2, 0) is 6.54 Å². The van der Waals surface area contributed by atoms with Gasteiger partial charge in [0.15, 0.2) is 0 Å². The molecule has 0 aliphatic rings. The number of aromatic carboxylic acids is 1. The van der Waals surface area contributed by atoms with Gasteiger partial charge >= 0.3 is 5.97 Å². The Balaban J connectivity index is 2.22. The number of carbonyl (C=O) groups is 1. The van der Waals surface area contributed by atoms with E-state index in [0.29, 0.717) is 17.9 Å². The van der Waals surface area contributed by atoms with Crippen LogP contribution in [0.1, 0.15) is 21.6 Å². The fraction of sp³-hybridized carbons (Fsp3) is 0.111. The van der Waals surface area contributed by atoms with Crippen LogP contribution in [0.4, 0.5) is 4.39 Å². The molecule has 1 aromatic heterocycles. The van der Waals surface area contributed by atoms with Gasteiger partial charge in [-0.05, 0) is 36.8 Å². The average Bonchev–Trinajstić information content (AvgIpc) is 2.80. The van der Waals surface area contributed by atoms with Crippen molar-refractivity contribution in [2.45, 2.75) is 13.5 Å². The normalized spacial score (nSPS) is 10.8. The summed E-state index contributed by atoms with van der Waals surface area (Å²) in [4.78, 5) is 24.1. The van der Waals surface area contributed by atoms with Crippen molar-refractivity contribution in [2.24, 2.45) is 0 Å². The number of hydrogen-bond acceptors (Lipinski definition) is 2. The van der Waals surface area contributed by atoms with Gasteiger partial charge in [0.2, 0.25) is 0 Å². The molecule has 1 heterocycles. The molecule has 0 saturated heterocycles. The van der Waals surface area contributed by atoms with E-state index < -0.39 is 17.3 Å². The smallest absolute Gasteiger partial charge is 0.343 e. The minimum atomic E-state index is -1.28. The molecule has 1 N–H and O–H groups in total. The van der Waals surface area contributed by atoms with E-state index >= 15 is 0 Å². The minimum Gasteiger partial charge on any atom is -0.477 e. The van der Waals surface area contributed by atoms with Gasteiger partial charge in [-0.3, -0.25) is 9.48 Å². The third-order valence-corrected chi connectivity index (χ3v) is 3.86. The maximum atomic E-state index is 13.2. The number of nitrogens with zero attached hydrogens (tertiary/aromatic N) is 2. The van der Waals surface area contributed by atoms with E-state index in [1.165, 1.54) is 28.9 Å². The van der Waals surface area contributed by atoms with Crippen LogP contribution in [0.3, 0.4) is 0 Å². The summed E-state index contributed by atoms with van der Waals surface area (Å²) in [5, 5.41) is 9.35. The molecule has 0 bridgehead atoms. The lowest BCUT2D eigenvalue weighted by molar-refractivity contribution is 0.0694. The first kappa shape index (κ1) is 15.7. The van der Waals surface area contributed by atoms with E-state index in [-0.39, 0.29) is 5.56 Å². The number of carboxylic acids is 1. The lowest BCUT2D eigenvalue weighted by Gasteiger charge is -2.14. The van der Waals surface area contributed by atoms with E-state index in [1.807, 2.05) is 30.3 Å². The zero-order valence-corrected chi connectivity index (χ0v) is 12.9. The Kier molecular flexibility index (Phi) is 4.04. The Labute approximate surface area is 137 Å². The molecule has 2 aromatic carbocycles. The van der Waals surface area contributed by atoms with Crippen LogP contribution in [0, 0.1) is 12.7 Å². The van der Waals surface area contributed by atoms with E-state index in [1.54, 1.807) is 11.6 Å². The van der Waals surface area contributed by atoms with E-state index in [0.717, 1.165) is 5.56 Å². The molecule has 0 atom stereocenters. The highest BCUT2D eigenvalue weighted by molar-refractivity contribution is 5.88. The quantitative estimate of drug-likeness (QED) is 0.802. The summed E-state index contributed by atoms with van der Waals surface area (Å²) in [6.45, 7) is 1.92. The second kappa shape index (κ2) is 6.16. The van der Waals surface area contributed by atoms with Crippen LogP contribution < -0.4 is 5.56 Å². The van der Waals surface area contributed by atoms with Crippen molar-refractivity contribution in [3.05, 3.63) is 87.6 Å². The van der Waals surface area contributed by atoms with Crippen molar-refractivity contribution in [1.29, 1.82) is 0 Å². The summed E-state index contributed by atoms with van der Waals surface area (Å²) in [7, 11) is 0. The number of carboxylic acid groups (broad SMARTS) is 1. The lowest BCUT2D eigenvalue weighted by Crippen LogP contribution is -2.24. The molecule has 0 saturated carbocycles. The van der Waals surface area contributed by atoms with Gasteiger partial charge in [-0.15, -0.1) is 0 Å². The summed E-state index contributed by atoms with van der Waals surface area (Å²) in [5.74, 6) is -1.71. The van der Waals surface area contributed by atoms with Crippen molar-refractivity contribution in [3.8, 4) is 5.69 Å². The predicted octanol–water partition coefficient (Wildman–Crippen LogP) is 2.83. The summed E-state index contributed by atoms with van der Waals surface area (Å²) in [6.07, 6.45) is 0. The number of benzene rings is 2. The van der Waals surface area contributed by atoms with Crippen molar-refractivity contribution in [1.82, 2.24) is 9.36 Å². The van der Waals surface area contributed by atoms with Crippen LogP contribution in [0.5, 0.6) is 0 Å². The molecule has 24 heavy (non-hydrogen) atoms. The molecule has 0 radical (unpaired) electrons. The van der Waals surface area contributed by atoms with Crippen molar-refractivity contribution in [2.75, 3.05) is 0 Å². The molecule has 0 fully saturated rings. The highest BCUT2D eigenvalue weighted by Gasteiger charge is 2.23. The maximum Gasteiger partial charge on any atom is 0.343 e. The first-order valence-corrected chi connectivity index (χ1v) is 7.34. The topological polar surface area (TPSA) is 64.2 Å². The first-order valence-electron chi connectivity index (χ1n) is 7.34. The first-order chi connectivity index (χ1) is 11.5. The van der Waals surface area contributed by atoms with E-state index in [4.69, 9.17) is 0 Å². The van der Waals surface area contributed by atoms with Crippen LogP contribution in [0.2, 0.25) is 0 Å². The SMILES string of the molecule is Cc1c(C(=O)O)c(=O)n(-c2ccc(F)cc2)n1Cc1ccccc1. The highest BCUT2D eigenvalue weighted by atomic mass is 19.1. The standard InChI is InChI=1S/C18H15FN2O3/c1-12-16(18(23)24)17(22)21(15-9-7-14(19)8-10-15)20(12)11-13-5-3-2-4-6-13/h2-10H,11H2,1H3,(H,23,24). The van der Waals surface area contributed by atoms with Gasteiger partial charge in [-0.25, -0.2) is 13.9 Å². The van der Waals surface area contributed by atoms with Gasteiger partial charge in [0.1, 0.15) is 11.4 Å². The summed E-state index contributed by atoms with van der Waals surface area (Å²) in [5.41, 5.74) is 0.759. The van der Waals surface area contributed by atoms with Gasteiger partial charge in [0.25, 0.3) is 5.56 Å². The zero-order chi connectivity index (χ0) is 17.3. The third kappa shape index (κ3) is 2.74. The highest BCUT2D eigenvalue weighted by Crippen LogP contribution is 2.15. The Morgan fingerprint density at radius 2 is 1.71 bits per heavy atom. The molecular formula is C18H15FN2O3. The fourth-order valence-corrected chi connectivity index (χ4v) is 2.68. The summed E-state index contributed by atoms with van der Waals surface area (Å²) < 4.78 is 16.0. The number of rotatable bonds is 4. The van der Waals surface area contributed by atoms with E-state index in [9.17, 15) is 19.1 Å². The minimum absolute atomic E-state index is 0.282. The Hall–Kier alpha value is -3.15. The molecule has 0 unspecified atom stereocenters. The Morgan fingerprint density at radius 1 is 1.08 bits per heavy atom. The lowest BCUT2D eigenvalue weighted by atomic mass is 10.2. The second-order valence-electron chi connectivity index (χ2n) is 5.40. The van der Waals surface area contributed by atoms with Gasteiger partial charge in [-0.1, -0.05) is 30.3 Å². The van der Waals surface area contributed by atoms with Gasteiger partial charge in [0, 0.05) is 0 Å². The van der Waals surface area contributed by atoms with Gasteiger partial charge in [-0.2, -0.15) is 0 Å². The van der Waals surface area contributed by atoms with Crippen molar-refractivity contribution in [3.63, 3.8) is 0 Å². The van der Waals surface area contributed by atoms with Crippen LogP contribution in [0.25, 0.3) is 5.69 Å². The molecule has 0 amide bonds. The van der Waals surface area contributed by atoms with E-state index in [2.05, 4.69) is 0 Å². The third-order valence-electron chi connectivity index (χ3n) is 3.86. The molecular weight excluding hydrogens is 311 g/mol. The zero-order valence-electron chi connectivity index (χ0n) is 12.9. The summed E-state index contributed by atoms with van der Waals surface area (Å²) >= 11 is 0. The van der Waals surface area contributed by atoms with Crippen LogP contribution >= 0.6 is 0 Å². The van der Waals surface area contributed by atoms with Crippen LogP contribution in [0.15, 0.2) is 59.4 Å². The molecule has 3 rings (SSSR count). The summed E-state index contributed by atoms with van der Waals surface area (Å²) in [6, 6.07) is 14.8. The molecule has 122 valence electrons. The second-order valence-corrected chi connectivity index (χ2v) is 5.40. The molecule has 0 aliphatic heterocycles. The van der Waals surface area contributed by atoms with Crippen molar-refractivity contribution >= 4 is 5.97 Å². The average molecular weight is 326 g/mol. The molecule has 0 aliphatic carbocycles. The monoisotopic (exact) mass is 326 g/mol. The molecule has 0 spiro atoms. The Morgan fingerprint density at radius 3 is 2.29 bits per heavy atom. The van der Waals surface area contributed by atoms with Gasteiger partial charge < -0.3 is 5.11 Å². The number of halogens is 1. The maximum absolute atomic E-state index is 13.2. The fourth-order valence-electron chi connectivity index (χ4n) is 2.68. The number of aromatic nitrogens is 2. The Bertz CT molecular complexity index is 941. The molecule has 6 heteroatoms. The molecule has 5 nitrogen and oxygen atoms in total. The van der Waals surface area contributed by atoms with Gasteiger partial charge in [0.05, 0.1) is 17.9 Å². The molecule has 3 aromatic rings. The largest absolute Gasteiger partial charge is 0.477 e.